The van der Waals surface area contributed by atoms with Crippen LogP contribution in [0.3, 0.4) is 0 Å². The van der Waals surface area contributed by atoms with Gasteiger partial charge in [0.15, 0.2) is 0 Å². The number of nitrogens with zero attached hydrogens (tertiary/aromatic N) is 1. The van der Waals surface area contributed by atoms with Crippen LogP contribution in [0, 0.1) is 0 Å². The van der Waals surface area contributed by atoms with Crippen molar-refractivity contribution in [1.82, 2.24) is 10.3 Å². The first-order valence-corrected chi connectivity index (χ1v) is 7.26. The number of halogens is 3. The molecule has 1 fully saturated rings. The van der Waals surface area contributed by atoms with Crippen molar-refractivity contribution in [3.63, 3.8) is 0 Å². The molecule has 3 rings (SSSR count). The number of rotatable bonds is 4. The highest BCUT2D eigenvalue weighted by molar-refractivity contribution is 6.32. The highest BCUT2D eigenvalue weighted by Crippen LogP contribution is 2.30. The molecule has 1 aliphatic rings. The number of benzene rings is 1. The Morgan fingerprint density at radius 2 is 2.14 bits per heavy atom. The van der Waals surface area contributed by atoms with Gasteiger partial charge in [0, 0.05) is 23.7 Å². The number of carbonyl (C=O) groups is 1. The maximum absolute atomic E-state index is 12.3. The number of pyridine rings is 1. The Morgan fingerprint density at radius 3 is 2.77 bits per heavy atom. The van der Waals surface area contributed by atoms with Crippen LogP contribution in [0.1, 0.15) is 29.6 Å². The van der Waals surface area contributed by atoms with Crippen molar-refractivity contribution in [1.29, 1.82) is 0 Å². The lowest BCUT2D eigenvalue weighted by atomic mass is 9.93. The van der Waals surface area contributed by atoms with E-state index >= 15 is 0 Å². The number of fused-ring (bicyclic) bond motifs is 1. The van der Waals surface area contributed by atoms with Crippen LogP contribution < -0.4 is 10.1 Å². The largest absolute Gasteiger partial charge is 0.433 e. The van der Waals surface area contributed by atoms with Crippen molar-refractivity contribution >= 4 is 28.4 Å². The van der Waals surface area contributed by atoms with Crippen LogP contribution in [0.5, 0.6) is 5.75 Å². The van der Waals surface area contributed by atoms with E-state index < -0.39 is 6.61 Å². The number of amides is 1. The Morgan fingerprint density at radius 1 is 1.36 bits per heavy atom. The SMILES string of the molecule is O=C(NC1CCC1)c1cnc2cc(OC(F)F)c(Cl)cc2c1. The Hall–Kier alpha value is -1.95. The predicted octanol–water partition coefficient (Wildman–Crippen LogP) is 3.77. The first kappa shape index (κ1) is 15.0. The van der Waals surface area contributed by atoms with Gasteiger partial charge in [0.2, 0.25) is 0 Å². The van der Waals surface area contributed by atoms with Gasteiger partial charge in [0.05, 0.1) is 16.1 Å². The summed E-state index contributed by atoms with van der Waals surface area (Å²) in [6.45, 7) is -2.96. The van der Waals surface area contributed by atoms with Gasteiger partial charge in [-0.15, -0.1) is 0 Å². The molecule has 0 unspecified atom stereocenters. The van der Waals surface area contributed by atoms with Crippen molar-refractivity contribution < 1.29 is 18.3 Å². The second-order valence-electron chi connectivity index (χ2n) is 5.18. The molecule has 1 aliphatic carbocycles. The number of carbonyl (C=O) groups excluding carboxylic acids is 1. The van der Waals surface area contributed by atoms with E-state index in [1.54, 1.807) is 6.07 Å². The number of alkyl halides is 2. The van der Waals surface area contributed by atoms with Crippen LogP contribution in [0.15, 0.2) is 24.4 Å². The van der Waals surface area contributed by atoms with Crippen LogP contribution in [0.4, 0.5) is 8.78 Å². The molecule has 1 N–H and O–H groups in total. The summed E-state index contributed by atoms with van der Waals surface area (Å²) in [5.74, 6) is -0.327. The molecule has 22 heavy (non-hydrogen) atoms. The highest BCUT2D eigenvalue weighted by atomic mass is 35.5. The summed E-state index contributed by atoms with van der Waals surface area (Å²) in [5.41, 5.74) is 0.846. The first-order valence-electron chi connectivity index (χ1n) is 6.88. The van der Waals surface area contributed by atoms with Crippen molar-refractivity contribution in [2.75, 3.05) is 0 Å². The Labute approximate surface area is 130 Å². The van der Waals surface area contributed by atoms with Gasteiger partial charge in [-0.2, -0.15) is 8.78 Å². The summed E-state index contributed by atoms with van der Waals surface area (Å²) >= 11 is 5.91. The summed E-state index contributed by atoms with van der Waals surface area (Å²) in [6.07, 6.45) is 4.53. The number of nitrogens with one attached hydrogen (secondary N) is 1. The molecular formula is C15H13ClF2N2O2. The van der Waals surface area contributed by atoms with Crippen LogP contribution in [-0.2, 0) is 0 Å². The molecule has 0 atom stereocenters. The summed E-state index contributed by atoms with van der Waals surface area (Å²) in [5, 5.41) is 3.55. The van der Waals surface area contributed by atoms with Gasteiger partial charge in [-0.05, 0) is 31.4 Å². The Bertz CT molecular complexity index is 720. The van der Waals surface area contributed by atoms with Crippen LogP contribution in [-0.4, -0.2) is 23.5 Å². The van der Waals surface area contributed by atoms with Gasteiger partial charge in [0.1, 0.15) is 5.75 Å². The minimum atomic E-state index is -2.96. The smallest absolute Gasteiger partial charge is 0.387 e. The zero-order valence-corrected chi connectivity index (χ0v) is 12.2. The molecule has 0 saturated heterocycles. The third-order valence-electron chi connectivity index (χ3n) is 3.65. The van der Waals surface area contributed by atoms with Crippen LogP contribution >= 0.6 is 11.6 Å². The first-order chi connectivity index (χ1) is 10.5. The quantitative estimate of drug-likeness (QED) is 0.930. The molecule has 0 bridgehead atoms. The Kier molecular flexibility index (Phi) is 4.11. The van der Waals surface area contributed by atoms with Gasteiger partial charge in [0.25, 0.3) is 5.91 Å². The van der Waals surface area contributed by atoms with E-state index in [0.29, 0.717) is 16.5 Å². The molecule has 0 radical (unpaired) electrons. The summed E-state index contributed by atoms with van der Waals surface area (Å²) < 4.78 is 28.9. The van der Waals surface area contributed by atoms with Crippen LogP contribution in [0.25, 0.3) is 10.9 Å². The molecule has 4 nitrogen and oxygen atoms in total. The molecule has 1 aromatic heterocycles. The zero-order chi connectivity index (χ0) is 15.7. The fourth-order valence-corrected chi connectivity index (χ4v) is 2.48. The van der Waals surface area contributed by atoms with Gasteiger partial charge >= 0.3 is 6.61 Å². The fraction of sp³-hybridized carbons (Fsp3) is 0.333. The van der Waals surface area contributed by atoms with Crippen molar-refractivity contribution in [2.45, 2.75) is 31.9 Å². The third-order valence-corrected chi connectivity index (χ3v) is 3.95. The lowest BCUT2D eigenvalue weighted by Crippen LogP contribution is -2.39. The monoisotopic (exact) mass is 326 g/mol. The van der Waals surface area contributed by atoms with E-state index in [1.807, 2.05) is 0 Å². The minimum Gasteiger partial charge on any atom is -0.433 e. The van der Waals surface area contributed by atoms with Gasteiger partial charge in [-0.3, -0.25) is 9.78 Å². The number of hydrogen-bond donors (Lipinski definition) is 1. The summed E-state index contributed by atoms with van der Waals surface area (Å²) in [4.78, 5) is 16.2. The van der Waals surface area contributed by atoms with Gasteiger partial charge in [-0.25, -0.2) is 0 Å². The number of hydrogen-bond acceptors (Lipinski definition) is 3. The average molecular weight is 327 g/mol. The molecule has 116 valence electrons. The lowest BCUT2D eigenvalue weighted by Gasteiger charge is -2.26. The molecule has 0 aliphatic heterocycles. The second-order valence-corrected chi connectivity index (χ2v) is 5.59. The molecule has 2 aromatic rings. The Balaban J connectivity index is 1.87. The molecule has 1 amide bonds. The number of ether oxygens (including phenoxy) is 1. The van der Waals surface area contributed by atoms with Gasteiger partial charge in [-0.1, -0.05) is 11.6 Å². The lowest BCUT2D eigenvalue weighted by molar-refractivity contribution is -0.0497. The molecule has 0 spiro atoms. The molecule has 1 aromatic carbocycles. The topological polar surface area (TPSA) is 51.2 Å². The normalized spacial score (nSPS) is 14.9. The van der Waals surface area contributed by atoms with Crippen molar-refractivity contribution in [2.24, 2.45) is 0 Å². The molecule has 7 heteroatoms. The maximum Gasteiger partial charge on any atom is 0.387 e. The van der Waals surface area contributed by atoms with E-state index in [1.165, 1.54) is 18.3 Å². The van der Waals surface area contributed by atoms with E-state index in [-0.39, 0.29) is 22.7 Å². The van der Waals surface area contributed by atoms with E-state index in [0.717, 1.165) is 19.3 Å². The standard InChI is InChI=1S/C15H13ClF2N2O2/c16-11-5-8-4-9(14(21)20-10-2-1-3-10)7-19-12(8)6-13(11)22-15(17)18/h4-7,10,15H,1-3H2,(H,20,21). The third kappa shape index (κ3) is 3.11. The summed E-state index contributed by atoms with van der Waals surface area (Å²) in [7, 11) is 0. The van der Waals surface area contributed by atoms with E-state index in [9.17, 15) is 13.6 Å². The van der Waals surface area contributed by atoms with E-state index in [4.69, 9.17) is 11.6 Å². The van der Waals surface area contributed by atoms with Gasteiger partial charge < -0.3 is 10.1 Å². The predicted molar refractivity (Wildman–Crippen MR) is 78.5 cm³/mol. The highest BCUT2D eigenvalue weighted by Gasteiger charge is 2.20. The van der Waals surface area contributed by atoms with Crippen LogP contribution in [0.2, 0.25) is 5.02 Å². The maximum atomic E-state index is 12.3. The van der Waals surface area contributed by atoms with E-state index in [2.05, 4.69) is 15.0 Å². The average Bonchev–Trinajstić information content (AvgIpc) is 2.42. The molecule has 1 heterocycles. The fourth-order valence-electron chi connectivity index (χ4n) is 2.26. The molecule has 1 saturated carbocycles. The minimum absolute atomic E-state index is 0.0474. The second kappa shape index (κ2) is 6.04. The molecular weight excluding hydrogens is 314 g/mol. The van der Waals surface area contributed by atoms with Crippen molar-refractivity contribution in [3.05, 3.63) is 35.0 Å². The van der Waals surface area contributed by atoms with Crippen molar-refractivity contribution in [3.8, 4) is 5.75 Å². The summed E-state index contributed by atoms with van der Waals surface area (Å²) in [6, 6.07) is 4.65. The zero-order valence-electron chi connectivity index (χ0n) is 11.5. The number of aromatic nitrogens is 1.